The van der Waals surface area contributed by atoms with Crippen molar-refractivity contribution in [3.05, 3.63) is 23.2 Å². The second-order valence-corrected chi connectivity index (χ2v) is 3.40. The van der Waals surface area contributed by atoms with Crippen LogP contribution in [0.25, 0.3) is 0 Å². The molecule has 0 radical (unpaired) electrons. The Kier molecular flexibility index (Phi) is 3.43. The fourth-order valence-electron chi connectivity index (χ4n) is 0.934. The first kappa shape index (κ1) is 10.2. The third kappa shape index (κ3) is 2.52. The van der Waals surface area contributed by atoms with E-state index in [0.717, 1.165) is 6.42 Å². The van der Waals surface area contributed by atoms with Gasteiger partial charge in [-0.2, -0.15) is 0 Å². The van der Waals surface area contributed by atoms with Gasteiger partial charge in [0.2, 0.25) is 0 Å². The normalized spacial score (nSPS) is 12.5. The first-order chi connectivity index (χ1) is 6.15. The van der Waals surface area contributed by atoms with E-state index in [1.807, 2.05) is 6.92 Å². The van der Waals surface area contributed by atoms with E-state index in [0.29, 0.717) is 16.5 Å². The quantitative estimate of drug-likeness (QED) is 0.760. The van der Waals surface area contributed by atoms with E-state index in [4.69, 9.17) is 22.1 Å². The van der Waals surface area contributed by atoms with Gasteiger partial charge in [-0.15, -0.1) is 0 Å². The summed E-state index contributed by atoms with van der Waals surface area (Å²) in [5.74, 6) is 0.596. The Labute approximate surface area is 83.6 Å². The van der Waals surface area contributed by atoms with Gasteiger partial charge >= 0.3 is 0 Å². The standard InChI is InChI=1S/C10H14ClNO/c1-3-7(2)13-10-8(11)5-4-6-9(10)12/h4-7H,3,12H2,1-2H3. The van der Waals surface area contributed by atoms with Crippen LogP contribution < -0.4 is 10.5 Å². The van der Waals surface area contributed by atoms with Gasteiger partial charge in [-0.3, -0.25) is 0 Å². The van der Waals surface area contributed by atoms with Gasteiger partial charge in [0.1, 0.15) is 0 Å². The predicted molar refractivity (Wildman–Crippen MR) is 56.2 cm³/mol. The van der Waals surface area contributed by atoms with Crippen LogP contribution in [-0.2, 0) is 0 Å². The molecule has 0 aromatic heterocycles. The van der Waals surface area contributed by atoms with Crippen molar-refractivity contribution >= 4 is 17.3 Å². The van der Waals surface area contributed by atoms with Gasteiger partial charge in [0.25, 0.3) is 0 Å². The van der Waals surface area contributed by atoms with E-state index in [1.54, 1.807) is 18.2 Å². The molecular formula is C10H14ClNO. The molecule has 13 heavy (non-hydrogen) atoms. The lowest BCUT2D eigenvalue weighted by atomic mass is 10.2. The van der Waals surface area contributed by atoms with Crippen LogP contribution in [0.1, 0.15) is 20.3 Å². The molecule has 0 spiro atoms. The zero-order chi connectivity index (χ0) is 9.84. The molecule has 0 amide bonds. The number of halogens is 1. The Morgan fingerprint density at radius 3 is 2.77 bits per heavy atom. The maximum absolute atomic E-state index is 5.93. The van der Waals surface area contributed by atoms with Crippen LogP contribution in [0.5, 0.6) is 5.75 Å². The van der Waals surface area contributed by atoms with Gasteiger partial charge in [0.05, 0.1) is 16.8 Å². The Bertz CT molecular complexity index is 268. The Morgan fingerprint density at radius 2 is 2.23 bits per heavy atom. The van der Waals surface area contributed by atoms with Crippen LogP contribution in [0.15, 0.2) is 18.2 Å². The largest absolute Gasteiger partial charge is 0.487 e. The minimum Gasteiger partial charge on any atom is -0.487 e. The molecule has 72 valence electrons. The highest BCUT2D eigenvalue weighted by Crippen LogP contribution is 2.31. The predicted octanol–water partition coefficient (Wildman–Crippen LogP) is 3.10. The summed E-state index contributed by atoms with van der Waals surface area (Å²) in [6, 6.07) is 5.36. The average molecular weight is 200 g/mol. The summed E-state index contributed by atoms with van der Waals surface area (Å²) >= 11 is 5.93. The third-order valence-electron chi connectivity index (χ3n) is 1.89. The van der Waals surface area contributed by atoms with Crippen molar-refractivity contribution in [3.63, 3.8) is 0 Å². The first-order valence-corrected chi connectivity index (χ1v) is 4.73. The summed E-state index contributed by atoms with van der Waals surface area (Å²) in [6.45, 7) is 4.04. The van der Waals surface area contributed by atoms with Gasteiger partial charge in [0, 0.05) is 0 Å². The van der Waals surface area contributed by atoms with Crippen molar-refractivity contribution in [2.45, 2.75) is 26.4 Å². The highest BCUT2D eigenvalue weighted by molar-refractivity contribution is 6.32. The van der Waals surface area contributed by atoms with Crippen molar-refractivity contribution < 1.29 is 4.74 Å². The van der Waals surface area contributed by atoms with Gasteiger partial charge in [-0.1, -0.05) is 24.6 Å². The van der Waals surface area contributed by atoms with E-state index in [-0.39, 0.29) is 6.10 Å². The lowest BCUT2D eigenvalue weighted by Crippen LogP contribution is -2.11. The van der Waals surface area contributed by atoms with E-state index in [1.165, 1.54) is 0 Å². The van der Waals surface area contributed by atoms with Crippen LogP contribution >= 0.6 is 11.6 Å². The van der Waals surface area contributed by atoms with Gasteiger partial charge in [-0.25, -0.2) is 0 Å². The first-order valence-electron chi connectivity index (χ1n) is 4.35. The lowest BCUT2D eigenvalue weighted by Gasteiger charge is -2.15. The summed E-state index contributed by atoms with van der Waals surface area (Å²) in [4.78, 5) is 0. The van der Waals surface area contributed by atoms with Gasteiger partial charge in [0.15, 0.2) is 5.75 Å². The lowest BCUT2D eigenvalue weighted by molar-refractivity contribution is 0.219. The molecule has 1 rings (SSSR count). The molecule has 0 heterocycles. The van der Waals surface area contributed by atoms with Crippen LogP contribution in [-0.4, -0.2) is 6.10 Å². The monoisotopic (exact) mass is 199 g/mol. The molecule has 1 aromatic rings. The molecule has 0 fully saturated rings. The zero-order valence-electron chi connectivity index (χ0n) is 7.88. The molecule has 2 nitrogen and oxygen atoms in total. The maximum atomic E-state index is 5.93. The van der Waals surface area contributed by atoms with E-state index in [2.05, 4.69) is 6.92 Å². The molecule has 0 aliphatic rings. The molecule has 0 bridgehead atoms. The highest BCUT2D eigenvalue weighted by Gasteiger charge is 2.08. The number of para-hydroxylation sites is 1. The molecule has 0 saturated carbocycles. The average Bonchev–Trinajstić information content (AvgIpc) is 2.11. The number of hydrogen-bond acceptors (Lipinski definition) is 2. The summed E-state index contributed by atoms with van der Waals surface area (Å²) in [5.41, 5.74) is 6.31. The zero-order valence-corrected chi connectivity index (χ0v) is 8.64. The van der Waals surface area contributed by atoms with Gasteiger partial charge < -0.3 is 10.5 Å². The van der Waals surface area contributed by atoms with Crippen molar-refractivity contribution in [2.24, 2.45) is 0 Å². The topological polar surface area (TPSA) is 35.2 Å². The molecule has 0 saturated heterocycles. The fraction of sp³-hybridized carbons (Fsp3) is 0.400. The van der Waals surface area contributed by atoms with Crippen molar-refractivity contribution in [1.82, 2.24) is 0 Å². The van der Waals surface area contributed by atoms with E-state index in [9.17, 15) is 0 Å². The van der Waals surface area contributed by atoms with Crippen LogP contribution in [0.2, 0.25) is 5.02 Å². The van der Waals surface area contributed by atoms with Gasteiger partial charge in [-0.05, 0) is 25.5 Å². The second-order valence-electron chi connectivity index (χ2n) is 2.99. The second kappa shape index (κ2) is 4.38. The number of rotatable bonds is 3. The Morgan fingerprint density at radius 1 is 1.54 bits per heavy atom. The molecular weight excluding hydrogens is 186 g/mol. The highest BCUT2D eigenvalue weighted by atomic mass is 35.5. The Hall–Kier alpha value is -0.890. The summed E-state index contributed by atoms with van der Waals surface area (Å²) in [7, 11) is 0. The minimum absolute atomic E-state index is 0.141. The summed E-state index contributed by atoms with van der Waals surface area (Å²) in [5, 5.41) is 0.570. The molecule has 3 heteroatoms. The maximum Gasteiger partial charge on any atom is 0.161 e. The molecule has 1 unspecified atom stereocenters. The number of benzene rings is 1. The molecule has 1 atom stereocenters. The van der Waals surface area contributed by atoms with Crippen molar-refractivity contribution in [2.75, 3.05) is 5.73 Å². The molecule has 1 aromatic carbocycles. The van der Waals surface area contributed by atoms with Crippen LogP contribution in [0.3, 0.4) is 0 Å². The molecule has 0 aliphatic heterocycles. The van der Waals surface area contributed by atoms with E-state index >= 15 is 0 Å². The van der Waals surface area contributed by atoms with E-state index < -0.39 is 0 Å². The fourth-order valence-corrected chi connectivity index (χ4v) is 1.16. The smallest absolute Gasteiger partial charge is 0.161 e. The SMILES string of the molecule is CCC(C)Oc1c(N)cccc1Cl. The number of nitrogens with two attached hydrogens (primary N) is 1. The number of anilines is 1. The minimum atomic E-state index is 0.141. The molecule has 2 N–H and O–H groups in total. The van der Waals surface area contributed by atoms with Crippen molar-refractivity contribution in [3.8, 4) is 5.75 Å². The number of ether oxygens (including phenoxy) is 1. The molecule has 0 aliphatic carbocycles. The Balaban J connectivity index is 2.87. The van der Waals surface area contributed by atoms with Crippen LogP contribution in [0.4, 0.5) is 5.69 Å². The number of nitrogen functional groups attached to an aromatic ring is 1. The third-order valence-corrected chi connectivity index (χ3v) is 2.19. The summed E-state index contributed by atoms with van der Waals surface area (Å²) < 4.78 is 5.57. The summed E-state index contributed by atoms with van der Waals surface area (Å²) in [6.07, 6.45) is 1.08. The number of hydrogen-bond donors (Lipinski definition) is 1. The van der Waals surface area contributed by atoms with Crippen molar-refractivity contribution in [1.29, 1.82) is 0 Å². The van der Waals surface area contributed by atoms with Crippen LogP contribution in [0, 0.1) is 0 Å².